The lowest BCUT2D eigenvalue weighted by Gasteiger charge is -2.22. The van der Waals surface area contributed by atoms with Crippen LogP contribution in [0.1, 0.15) is 31.2 Å². The van der Waals surface area contributed by atoms with Gasteiger partial charge < -0.3 is 0 Å². The summed E-state index contributed by atoms with van der Waals surface area (Å²) in [5, 5.41) is 0. The maximum absolute atomic E-state index is 11.4. The second-order valence-electron chi connectivity index (χ2n) is 6.51. The van der Waals surface area contributed by atoms with E-state index < -0.39 is 10.1 Å². The fourth-order valence-electron chi connectivity index (χ4n) is 2.91. The van der Waals surface area contributed by atoms with E-state index >= 15 is 0 Å². The van der Waals surface area contributed by atoms with Crippen LogP contribution in [-0.2, 0) is 14.3 Å². The maximum atomic E-state index is 11.4. The Morgan fingerprint density at radius 3 is 2.23 bits per heavy atom. The van der Waals surface area contributed by atoms with Gasteiger partial charge in [-0.1, -0.05) is 60.7 Å². The first-order valence-corrected chi connectivity index (χ1v) is 11.4. The molecule has 0 bridgehead atoms. The van der Waals surface area contributed by atoms with Crippen LogP contribution in [0.2, 0.25) is 0 Å². The van der Waals surface area contributed by atoms with Crippen LogP contribution < -0.4 is 0 Å². The van der Waals surface area contributed by atoms with Gasteiger partial charge in [0.25, 0.3) is 10.1 Å². The average Bonchev–Trinajstić information content (AvgIpc) is 2.59. The van der Waals surface area contributed by atoms with E-state index in [1.807, 2.05) is 36.4 Å². The molecule has 0 radical (unpaired) electrons. The smallest absolute Gasteiger partial charge is 0.264 e. The van der Waals surface area contributed by atoms with Crippen molar-refractivity contribution in [1.82, 2.24) is 0 Å². The van der Waals surface area contributed by atoms with Gasteiger partial charge in [-0.2, -0.15) is 8.42 Å². The molecule has 0 aliphatic rings. The van der Waals surface area contributed by atoms with Gasteiger partial charge in [-0.3, -0.25) is 4.18 Å². The molecule has 0 fully saturated rings. The van der Waals surface area contributed by atoms with Gasteiger partial charge >= 0.3 is 0 Å². The van der Waals surface area contributed by atoms with Gasteiger partial charge in [-0.15, -0.1) is 11.8 Å². The molecule has 2 aromatic carbocycles. The van der Waals surface area contributed by atoms with Crippen molar-refractivity contribution in [3.8, 4) is 0 Å². The van der Waals surface area contributed by atoms with Gasteiger partial charge in [0.1, 0.15) is 0 Å². The monoisotopic (exact) mass is 390 g/mol. The number of thioether (sulfide) groups is 1. The van der Waals surface area contributed by atoms with E-state index in [9.17, 15) is 8.42 Å². The Kier molecular flexibility index (Phi) is 7.94. The zero-order valence-electron chi connectivity index (χ0n) is 15.3. The van der Waals surface area contributed by atoms with Gasteiger partial charge in [0.2, 0.25) is 0 Å². The predicted octanol–water partition coefficient (Wildman–Crippen LogP) is 5.26. The zero-order valence-corrected chi connectivity index (χ0v) is 16.9. The highest BCUT2D eigenvalue weighted by Crippen LogP contribution is 2.31. The topological polar surface area (TPSA) is 43.4 Å². The molecule has 0 N–H and O–H groups in total. The maximum Gasteiger partial charge on any atom is 0.264 e. The first-order valence-electron chi connectivity index (χ1n) is 8.61. The minimum Gasteiger partial charge on any atom is -0.267 e. The lowest BCUT2D eigenvalue weighted by molar-refractivity contribution is 0.209. The molecule has 0 amide bonds. The summed E-state index contributed by atoms with van der Waals surface area (Å²) >= 11 is 1.77. The third-order valence-electron chi connectivity index (χ3n) is 3.95. The van der Waals surface area contributed by atoms with Crippen LogP contribution in [0.25, 0.3) is 0 Å². The highest BCUT2D eigenvalue weighted by atomic mass is 32.2. The standard InChI is InChI=1S/C21H26O3S2/c1-17(16-25-21-12-8-5-9-13-21)14-20(19-10-6-4-7-11-19)15-18(2)24-26(3,22)23/h4-13,18,20H,1,14-16H2,2-3H3. The Morgan fingerprint density at radius 1 is 1.08 bits per heavy atom. The highest BCUT2D eigenvalue weighted by molar-refractivity contribution is 7.99. The van der Waals surface area contributed by atoms with Crippen LogP contribution in [-0.4, -0.2) is 26.5 Å². The van der Waals surface area contributed by atoms with Gasteiger partial charge in [0, 0.05) is 10.6 Å². The third kappa shape index (κ3) is 7.77. The molecule has 5 heteroatoms. The van der Waals surface area contributed by atoms with E-state index in [1.165, 1.54) is 10.5 Å². The van der Waals surface area contributed by atoms with Gasteiger partial charge in [0.15, 0.2) is 0 Å². The minimum atomic E-state index is -3.45. The van der Waals surface area contributed by atoms with Crippen molar-refractivity contribution in [2.75, 3.05) is 12.0 Å². The van der Waals surface area contributed by atoms with Crippen molar-refractivity contribution < 1.29 is 12.6 Å². The van der Waals surface area contributed by atoms with Gasteiger partial charge in [-0.25, -0.2) is 0 Å². The van der Waals surface area contributed by atoms with Crippen molar-refractivity contribution >= 4 is 21.9 Å². The molecule has 0 spiro atoms. The molecule has 2 rings (SSSR count). The molecule has 26 heavy (non-hydrogen) atoms. The summed E-state index contributed by atoms with van der Waals surface area (Å²) in [6.45, 7) is 6.04. The first-order chi connectivity index (χ1) is 12.3. The van der Waals surface area contributed by atoms with Crippen LogP contribution in [0.4, 0.5) is 0 Å². The van der Waals surface area contributed by atoms with Crippen molar-refractivity contribution in [2.24, 2.45) is 0 Å². The SMILES string of the molecule is C=C(CSc1ccccc1)CC(CC(C)OS(C)(=O)=O)c1ccccc1. The molecule has 0 aliphatic carbocycles. The Bertz CT molecular complexity index is 787. The molecule has 2 atom stereocenters. The second kappa shape index (κ2) is 9.95. The molecule has 0 saturated carbocycles. The number of hydrogen-bond donors (Lipinski definition) is 0. The molecule has 3 nitrogen and oxygen atoms in total. The third-order valence-corrected chi connectivity index (χ3v) is 5.78. The second-order valence-corrected chi connectivity index (χ2v) is 9.16. The van der Waals surface area contributed by atoms with E-state index in [-0.39, 0.29) is 12.0 Å². The molecule has 2 aromatic rings. The molecular weight excluding hydrogens is 364 g/mol. The predicted molar refractivity (Wildman–Crippen MR) is 110 cm³/mol. The molecular formula is C21H26O3S2. The number of rotatable bonds is 10. The molecule has 2 unspecified atom stereocenters. The summed E-state index contributed by atoms with van der Waals surface area (Å²) < 4.78 is 27.9. The van der Waals surface area contributed by atoms with E-state index in [0.29, 0.717) is 6.42 Å². The number of benzene rings is 2. The Labute approximate surface area is 161 Å². The lowest BCUT2D eigenvalue weighted by atomic mass is 9.88. The summed E-state index contributed by atoms with van der Waals surface area (Å²) in [4.78, 5) is 1.22. The molecule has 0 aromatic heterocycles. The largest absolute Gasteiger partial charge is 0.267 e. The first kappa shape index (κ1) is 20.7. The Morgan fingerprint density at radius 2 is 1.65 bits per heavy atom. The van der Waals surface area contributed by atoms with Crippen LogP contribution in [0.5, 0.6) is 0 Å². The number of hydrogen-bond acceptors (Lipinski definition) is 4. The lowest BCUT2D eigenvalue weighted by Crippen LogP contribution is -2.18. The molecule has 0 saturated heterocycles. The summed E-state index contributed by atoms with van der Waals surface area (Å²) in [5.41, 5.74) is 2.32. The molecule has 0 aliphatic heterocycles. The van der Waals surface area contributed by atoms with E-state index in [0.717, 1.165) is 24.0 Å². The normalized spacial score (nSPS) is 13.9. The summed E-state index contributed by atoms with van der Waals surface area (Å²) in [6.07, 6.45) is 2.16. The Balaban J connectivity index is 2.00. The minimum absolute atomic E-state index is 0.178. The van der Waals surface area contributed by atoms with Crippen molar-refractivity contribution in [3.63, 3.8) is 0 Å². The molecule has 140 valence electrons. The van der Waals surface area contributed by atoms with Crippen LogP contribution in [0.3, 0.4) is 0 Å². The van der Waals surface area contributed by atoms with E-state index in [4.69, 9.17) is 4.18 Å². The summed E-state index contributed by atoms with van der Waals surface area (Å²) in [7, 11) is -3.45. The van der Waals surface area contributed by atoms with E-state index in [2.05, 4.69) is 30.8 Å². The highest BCUT2D eigenvalue weighted by Gasteiger charge is 2.19. The van der Waals surface area contributed by atoms with Crippen LogP contribution >= 0.6 is 11.8 Å². The molecule has 0 heterocycles. The van der Waals surface area contributed by atoms with Crippen molar-refractivity contribution in [3.05, 3.63) is 78.4 Å². The van der Waals surface area contributed by atoms with Gasteiger partial charge in [0.05, 0.1) is 12.4 Å². The van der Waals surface area contributed by atoms with Crippen LogP contribution in [0, 0.1) is 0 Å². The van der Waals surface area contributed by atoms with Crippen molar-refractivity contribution in [1.29, 1.82) is 0 Å². The Hall–Kier alpha value is -1.56. The quantitative estimate of drug-likeness (QED) is 0.315. The fourth-order valence-corrected chi connectivity index (χ4v) is 4.42. The fraction of sp³-hybridized carbons (Fsp3) is 0.333. The summed E-state index contributed by atoms with van der Waals surface area (Å²) in [6, 6.07) is 20.4. The summed E-state index contributed by atoms with van der Waals surface area (Å²) in [5.74, 6) is 1.02. The van der Waals surface area contributed by atoms with Crippen molar-refractivity contribution in [2.45, 2.75) is 36.7 Å². The van der Waals surface area contributed by atoms with E-state index in [1.54, 1.807) is 18.7 Å². The van der Waals surface area contributed by atoms with Crippen LogP contribution in [0.15, 0.2) is 77.7 Å². The average molecular weight is 391 g/mol. The van der Waals surface area contributed by atoms with Gasteiger partial charge in [-0.05, 0) is 43.4 Å². The zero-order chi connectivity index (χ0) is 19.0.